The molecule has 3 heteroatoms. The van der Waals surface area contributed by atoms with Crippen molar-refractivity contribution in [3.8, 4) is 44.8 Å². The lowest BCUT2D eigenvalue weighted by atomic mass is 9.98. The smallest absolute Gasteiger partial charge is 0.0541 e. The van der Waals surface area contributed by atoms with Crippen molar-refractivity contribution in [2.24, 2.45) is 0 Å². The first kappa shape index (κ1) is 32.1. The molecular weight excluding hydrogens is 709 g/mol. The normalized spacial score (nSPS) is 11.9. The molecule has 0 aliphatic heterocycles. The lowest BCUT2D eigenvalue weighted by Crippen LogP contribution is -1.94. The molecule has 3 aromatic heterocycles. The Morgan fingerprint density at radius 3 is 1.35 bits per heavy atom. The lowest BCUT2D eigenvalue weighted by Gasteiger charge is -2.11. The van der Waals surface area contributed by atoms with E-state index < -0.39 is 0 Å². The predicted octanol–water partition coefficient (Wildman–Crippen LogP) is 15.2. The number of aromatic nitrogens is 2. The van der Waals surface area contributed by atoms with Crippen molar-refractivity contribution < 1.29 is 0 Å². The second-order valence-corrected chi connectivity index (χ2v) is 16.0. The quantitative estimate of drug-likeness (QED) is 0.166. The van der Waals surface area contributed by atoms with Gasteiger partial charge in [-0.3, -0.25) is 0 Å². The van der Waals surface area contributed by atoms with E-state index in [0.29, 0.717) is 0 Å². The van der Waals surface area contributed by atoms with Gasteiger partial charge in [-0.2, -0.15) is 0 Å². The Bertz CT molecular complexity index is 3510. The maximum absolute atomic E-state index is 2.43. The third-order valence-electron chi connectivity index (χ3n) is 11.7. The Hall–Kier alpha value is -7.20. The zero-order valence-electron chi connectivity index (χ0n) is 30.9. The molecule has 0 atom stereocenters. The first-order valence-corrected chi connectivity index (χ1v) is 20.3. The minimum Gasteiger partial charge on any atom is -0.309 e. The van der Waals surface area contributed by atoms with Crippen LogP contribution in [0.3, 0.4) is 0 Å². The van der Waals surface area contributed by atoms with Crippen molar-refractivity contribution in [2.45, 2.75) is 0 Å². The SMILES string of the molecule is c1ccc(-c2cccc(-n3c4ccccc4c4cc(-c5ccc(-c6ccc7c(c6)c6ccccc6n7-c6ccc7c(c6)sc6ccccc67)cc5)ccc43)c2)cc1. The number of nitrogens with zero attached hydrogens (tertiary/aromatic N) is 2. The summed E-state index contributed by atoms with van der Waals surface area (Å²) in [6, 6.07) is 75.6. The highest BCUT2D eigenvalue weighted by atomic mass is 32.1. The van der Waals surface area contributed by atoms with Gasteiger partial charge in [0.1, 0.15) is 0 Å². The van der Waals surface area contributed by atoms with E-state index >= 15 is 0 Å². The van der Waals surface area contributed by atoms with E-state index in [1.807, 2.05) is 11.3 Å². The molecule has 0 amide bonds. The van der Waals surface area contributed by atoms with E-state index in [1.54, 1.807) is 0 Å². The van der Waals surface area contributed by atoms with E-state index in [-0.39, 0.29) is 0 Å². The number of para-hydroxylation sites is 2. The van der Waals surface area contributed by atoms with Gasteiger partial charge in [0.15, 0.2) is 0 Å². The summed E-state index contributed by atoms with van der Waals surface area (Å²) in [6.07, 6.45) is 0. The Kier molecular flexibility index (Phi) is 7.13. The summed E-state index contributed by atoms with van der Waals surface area (Å²) in [5.74, 6) is 0. The molecule has 266 valence electrons. The average Bonchev–Trinajstić information content (AvgIpc) is 3.93. The van der Waals surface area contributed by atoms with Crippen LogP contribution in [0.4, 0.5) is 0 Å². The zero-order chi connectivity index (χ0) is 37.5. The monoisotopic (exact) mass is 742 g/mol. The van der Waals surface area contributed by atoms with Crippen LogP contribution in [0.15, 0.2) is 206 Å². The lowest BCUT2D eigenvalue weighted by molar-refractivity contribution is 1.18. The Morgan fingerprint density at radius 2 is 0.702 bits per heavy atom. The molecule has 0 N–H and O–H groups in total. The Labute approximate surface area is 333 Å². The highest BCUT2D eigenvalue weighted by molar-refractivity contribution is 7.25. The number of benzene rings is 9. The molecule has 0 unspecified atom stereocenters. The van der Waals surface area contributed by atoms with Crippen LogP contribution in [-0.2, 0) is 0 Å². The van der Waals surface area contributed by atoms with Crippen LogP contribution in [-0.4, -0.2) is 9.13 Å². The first-order valence-electron chi connectivity index (χ1n) is 19.5. The summed E-state index contributed by atoms with van der Waals surface area (Å²) in [5, 5.41) is 7.69. The highest BCUT2D eigenvalue weighted by Gasteiger charge is 2.16. The molecule has 9 aromatic carbocycles. The van der Waals surface area contributed by atoms with Crippen molar-refractivity contribution in [3.05, 3.63) is 206 Å². The third-order valence-corrected chi connectivity index (χ3v) is 12.9. The van der Waals surface area contributed by atoms with Gasteiger partial charge in [0.05, 0.1) is 22.1 Å². The van der Waals surface area contributed by atoms with Crippen LogP contribution < -0.4 is 0 Å². The summed E-state index contributed by atoms with van der Waals surface area (Å²) in [5.41, 5.74) is 14.5. The van der Waals surface area contributed by atoms with Crippen LogP contribution in [0, 0.1) is 0 Å². The molecule has 0 spiro atoms. The molecule has 0 fully saturated rings. The maximum atomic E-state index is 2.43. The average molecular weight is 743 g/mol. The van der Waals surface area contributed by atoms with Crippen molar-refractivity contribution in [1.29, 1.82) is 0 Å². The highest BCUT2D eigenvalue weighted by Crippen LogP contribution is 2.40. The maximum Gasteiger partial charge on any atom is 0.0541 e. The van der Waals surface area contributed by atoms with Gasteiger partial charge in [-0.05, 0) is 100 Å². The fourth-order valence-electron chi connectivity index (χ4n) is 9.03. The largest absolute Gasteiger partial charge is 0.309 e. The Morgan fingerprint density at radius 1 is 0.246 bits per heavy atom. The van der Waals surface area contributed by atoms with Crippen LogP contribution in [0.25, 0.3) is 109 Å². The van der Waals surface area contributed by atoms with E-state index in [0.717, 1.165) is 5.69 Å². The van der Waals surface area contributed by atoms with Gasteiger partial charge in [0, 0.05) is 53.1 Å². The minimum absolute atomic E-state index is 1.16. The van der Waals surface area contributed by atoms with Gasteiger partial charge >= 0.3 is 0 Å². The van der Waals surface area contributed by atoms with Crippen molar-refractivity contribution in [3.63, 3.8) is 0 Å². The molecule has 0 saturated heterocycles. The number of thiophene rings is 1. The topological polar surface area (TPSA) is 9.86 Å². The van der Waals surface area contributed by atoms with Gasteiger partial charge in [-0.1, -0.05) is 140 Å². The zero-order valence-corrected chi connectivity index (χ0v) is 31.7. The summed E-state index contributed by atoms with van der Waals surface area (Å²) in [6.45, 7) is 0. The van der Waals surface area contributed by atoms with E-state index in [2.05, 4.69) is 215 Å². The number of hydrogen-bond donors (Lipinski definition) is 0. The molecule has 0 bridgehead atoms. The van der Waals surface area contributed by atoms with Gasteiger partial charge in [-0.15, -0.1) is 11.3 Å². The van der Waals surface area contributed by atoms with Crippen molar-refractivity contribution in [1.82, 2.24) is 9.13 Å². The number of rotatable bonds is 5. The van der Waals surface area contributed by atoms with Gasteiger partial charge in [0.25, 0.3) is 0 Å². The second kappa shape index (κ2) is 12.7. The minimum atomic E-state index is 1.16. The summed E-state index contributed by atoms with van der Waals surface area (Å²) < 4.78 is 7.47. The standard InChI is InChI=1S/C54H34N2S/c1-2-11-35(12-3-1)38-13-10-14-41(31-38)55-49-18-7-4-15-43(49)47-32-39(25-29-51(47)55)36-21-23-37(24-22-36)40-26-30-52-48(33-40)44-16-5-8-19-50(44)56(52)42-27-28-46-45-17-6-9-20-53(45)57-54(46)34-42/h1-34H. The molecule has 57 heavy (non-hydrogen) atoms. The van der Waals surface area contributed by atoms with E-state index in [4.69, 9.17) is 0 Å². The summed E-state index contributed by atoms with van der Waals surface area (Å²) >= 11 is 1.87. The molecule has 0 radical (unpaired) electrons. The second-order valence-electron chi connectivity index (χ2n) is 14.9. The van der Waals surface area contributed by atoms with Crippen molar-refractivity contribution >= 4 is 75.1 Å². The third kappa shape index (κ3) is 5.10. The molecule has 0 aliphatic carbocycles. The van der Waals surface area contributed by atoms with Crippen molar-refractivity contribution in [2.75, 3.05) is 0 Å². The predicted molar refractivity (Wildman–Crippen MR) is 244 cm³/mol. The molecule has 0 saturated carbocycles. The number of hydrogen-bond acceptors (Lipinski definition) is 1. The summed E-state index contributed by atoms with van der Waals surface area (Å²) in [7, 11) is 0. The van der Waals surface area contributed by atoms with Crippen LogP contribution in [0.2, 0.25) is 0 Å². The van der Waals surface area contributed by atoms with Crippen LogP contribution in [0.1, 0.15) is 0 Å². The fourth-order valence-corrected chi connectivity index (χ4v) is 10.2. The molecule has 2 nitrogen and oxygen atoms in total. The molecule has 12 aromatic rings. The summed E-state index contributed by atoms with van der Waals surface area (Å²) in [4.78, 5) is 0. The molecule has 12 rings (SSSR count). The van der Waals surface area contributed by atoms with Gasteiger partial charge in [-0.25, -0.2) is 0 Å². The van der Waals surface area contributed by atoms with E-state index in [1.165, 1.54) is 103 Å². The fraction of sp³-hybridized carbons (Fsp3) is 0. The molecular formula is C54H34N2S. The van der Waals surface area contributed by atoms with Gasteiger partial charge < -0.3 is 9.13 Å². The van der Waals surface area contributed by atoms with E-state index in [9.17, 15) is 0 Å². The molecule has 3 heterocycles. The number of fused-ring (bicyclic) bond motifs is 9. The Balaban J connectivity index is 0.916. The van der Waals surface area contributed by atoms with Crippen LogP contribution >= 0.6 is 11.3 Å². The van der Waals surface area contributed by atoms with Crippen LogP contribution in [0.5, 0.6) is 0 Å². The first-order chi connectivity index (χ1) is 28.2. The van der Waals surface area contributed by atoms with Gasteiger partial charge in [0.2, 0.25) is 0 Å². The molecule has 0 aliphatic rings.